The lowest BCUT2D eigenvalue weighted by Crippen LogP contribution is -2.37. The Hall–Kier alpha value is -2.15. The Morgan fingerprint density at radius 2 is 2.32 bits per heavy atom. The van der Waals surface area contributed by atoms with Crippen molar-refractivity contribution >= 4 is 17.3 Å². The van der Waals surface area contributed by atoms with Crippen LogP contribution in [0.3, 0.4) is 0 Å². The number of carbonyl (C=O) groups is 1. The van der Waals surface area contributed by atoms with E-state index < -0.39 is 4.92 Å². The highest BCUT2D eigenvalue weighted by atomic mass is 16.6. The summed E-state index contributed by atoms with van der Waals surface area (Å²) in [7, 11) is 0. The van der Waals surface area contributed by atoms with E-state index in [0.717, 1.165) is 25.5 Å². The van der Waals surface area contributed by atoms with Gasteiger partial charge in [0.05, 0.1) is 16.5 Å². The SMILES string of the molecule is O=C(Nc1cc([N+](=O)[O-])ccc1O)C1CCCNC1. The summed E-state index contributed by atoms with van der Waals surface area (Å²) in [6.07, 6.45) is 1.69. The second-order valence-electron chi connectivity index (χ2n) is 4.49. The molecule has 1 fully saturated rings. The molecule has 7 nitrogen and oxygen atoms in total. The van der Waals surface area contributed by atoms with E-state index in [2.05, 4.69) is 10.6 Å². The summed E-state index contributed by atoms with van der Waals surface area (Å²) in [6.45, 7) is 1.48. The van der Waals surface area contributed by atoms with Gasteiger partial charge in [-0.05, 0) is 25.5 Å². The Bertz CT molecular complexity index is 498. The summed E-state index contributed by atoms with van der Waals surface area (Å²) < 4.78 is 0. The molecule has 1 saturated heterocycles. The number of non-ortho nitro benzene ring substituents is 1. The normalized spacial score (nSPS) is 18.8. The zero-order chi connectivity index (χ0) is 13.8. The number of benzene rings is 1. The fourth-order valence-corrected chi connectivity index (χ4v) is 2.05. The Kier molecular flexibility index (Phi) is 3.96. The van der Waals surface area contributed by atoms with Crippen LogP contribution in [0.1, 0.15) is 12.8 Å². The molecular weight excluding hydrogens is 250 g/mol. The van der Waals surface area contributed by atoms with Gasteiger partial charge in [0.1, 0.15) is 5.75 Å². The number of aromatic hydroxyl groups is 1. The number of nitrogens with zero attached hydrogens (tertiary/aromatic N) is 1. The van der Waals surface area contributed by atoms with Crippen LogP contribution in [0.5, 0.6) is 5.75 Å². The first-order chi connectivity index (χ1) is 9.08. The van der Waals surface area contributed by atoms with Crippen molar-refractivity contribution in [2.45, 2.75) is 12.8 Å². The molecule has 102 valence electrons. The highest BCUT2D eigenvalue weighted by Crippen LogP contribution is 2.28. The molecular formula is C12H15N3O4. The van der Waals surface area contributed by atoms with E-state index in [1.165, 1.54) is 12.1 Å². The van der Waals surface area contributed by atoms with Crippen molar-refractivity contribution in [3.8, 4) is 5.75 Å². The van der Waals surface area contributed by atoms with Gasteiger partial charge in [-0.3, -0.25) is 14.9 Å². The number of amides is 1. The minimum atomic E-state index is -0.572. The molecule has 7 heteroatoms. The molecule has 19 heavy (non-hydrogen) atoms. The molecule has 1 aromatic carbocycles. The third-order valence-electron chi connectivity index (χ3n) is 3.12. The quantitative estimate of drug-likeness (QED) is 0.433. The van der Waals surface area contributed by atoms with Gasteiger partial charge in [0.2, 0.25) is 5.91 Å². The van der Waals surface area contributed by atoms with E-state index in [9.17, 15) is 20.0 Å². The van der Waals surface area contributed by atoms with Crippen LogP contribution in [0.15, 0.2) is 18.2 Å². The number of phenolic OH excluding ortho intramolecular Hbond substituents is 1. The van der Waals surface area contributed by atoms with Crippen molar-refractivity contribution in [1.29, 1.82) is 0 Å². The number of nitrogens with one attached hydrogen (secondary N) is 2. The van der Waals surface area contributed by atoms with Crippen molar-refractivity contribution in [2.24, 2.45) is 5.92 Å². The lowest BCUT2D eigenvalue weighted by atomic mass is 9.99. The van der Waals surface area contributed by atoms with E-state index in [-0.39, 0.29) is 28.9 Å². The Morgan fingerprint density at radius 1 is 1.53 bits per heavy atom. The van der Waals surface area contributed by atoms with Gasteiger partial charge in [-0.1, -0.05) is 0 Å². The van der Waals surface area contributed by atoms with Crippen LogP contribution in [0.2, 0.25) is 0 Å². The van der Waals surface area contributed by atoms with Crippen molar-refractivity contribution in [1.82, 2.24) is 5.32 Å². The number of nitro groups is 1. The van der Waals surface area contributed by atoms with E-state index in [0.29, 0.717) is 6.54 Å². The standard InChI is InChI=1S/C12H15N3O4/c16-11-4-3-9(15(18)19)6-10(11)14-12(17)8-2-1-5-13-7-8/h3-4,6,8,13,16H,1-2,5,7H2,(H,14,17). The van der Waals surface area contributed by atoms with Gasteiger partial charge < -0.3 is 15.7 Å². The lowest BCUT2D eigenvalue weighted by Gasteiger charge is -2.22. The maximum atomic E-state index is 12.0. The molecule has 1 amide bonds. The van der Waals surface area contributed by atoms with Crippen LogP contribution >= 0.6 is 0 Å². The molecule has 1 heterocycles. The third kappa shape index (κ3) is 3.19. The zero-order valence-electron chi connectivity index (χ0n) is 10.3. The minimum absolute atomic E-state index is 0.0739. The maximum absolute atomic E-state index is 12.0. The number of carbonyl (C=O) groups excluding carboxylic acids is 1. The monoisotopic (exact) mass is 265 g/mol. The number of piperidine rings is 1. The molecule has 0 spiro atoms. The molecule has 2 rings (SSSR count). The smallest absolute Gasteiger partial charge is 0.271 e. The van der Waals surface area contributed by atoms with E-state index in [1.807, 2.05) is 0 Å². The van der Waals surface area contributed by atoms with Crippen LogP contribution in [-0.4, -0.2) is 29.0 Å². The summed E-state index contributed by atoms with van der Waals surface area (Å²) in [5.74, 6) is -0.585. The molecule has 0 bridgehead atoms. The highest BCUT2D eigenvalue weighted by Gasteiger charge is 2.22. The van der Waals surface area contributed by atoms with Crippen molar-refractivity contribution in [2.75, 3.05) is 18.4 Å². The molecule has 1 aromatic rings. The fourth-order valence-electron chi connectivity index (χ4n) is 2.05. The van der Waals surface area contributed by atoms with Crippen molar-refractivity contribution in [3.05, 3.63) is 28.3 Å². The summed E-state index contributed by atoms with van der Waals surface area (Å²) in [5.41, 5.74) is -0.0976. The molecule has 1 unspecified atom stereocenters. The number of phenols is 1. The van der Waals surface area contributed by atoms with Crippen molar-refractivity contribution < 1.29 is 14.8 Å². The number of rotatable bonds is 3. The van der Waals surface area contributed by atoms with E-state index >= 15 is 0 Å². The van der Waals surface area contributed by atoms with E-state index in [4.69, 9.17) is 0 Å². The van der Waals surface area contributed by atoms with Gasteiger partial charge in [0.15, 0.2) is 0 Å². The molecule has 1 aliphatic rings. The van der Waals surface area contributed by atoms with Crippen LogP contribution in [0, 0.1) is 16.0 Å². The Morgan fingerprint density at radius 3 is 2.95 bits per heavy atom. The third-order valence-corrected chi connectivity index (χ3v) is 3.12. The number of hydrogen-bond donors (Lipinski definition) is 3. The predicted molar refractivity (Wildman–Crippen MR) is 69.0 cm³/mol. The van der Waals surface area contributed by atoms with Crippen LogP contribution in [-0.2, 0) is 4.79 Å². The Labute approximate surface area is 109 Å². The largest absolute Gasteiger partial charge is 0.506 e. The molecule has 0 aliphatic carbocycles. The summed E-state index contributed by atoms with van der Waals surface area (Å²) in [5, 5.41) is 25.9. The molecule has 0 saturated carbocycles. The second kappa shape index (κ2) is 5.66. The average Bonchev–Trinajstić information content (AvgIpc) is 2.42. The molecule has 1 aliphatic heterocycles. The van der Waals surface area contributed by atoms with Crippen LogP contribution in [0.25, 0.3) is 0 Å². The molecule has 0 aromatic heterocycles. The lowest BCUT2D eigenvalue weighted by molar-refractivity contribution is -0.384. The molecule has 1 atom stereocenters. The van der Waals surface area contributed by atoms with Crippen LogP contribution in [0.4, 0.5) is 11.4 Å². The number of anilines is 1. The first-order valence-electron chi connectivity index (χ1n) is 6.07. The second-order valence-corrected chi connectivity index (χ2v) is 4.49. The number of hydrogen-bond acceptors (Lipinski definition) is 5. The number of nitro benzene ring substituents is 1. The van der Waals surface area contributed by atoms with Gasteiger partial charge >= 0.3 is 0 Å². The first-order valence-corrected chi connectivity index (χ1v) is 6.07. The zero-order valence-corrected chi connectivity index (χ0v) is 10.3. The van der Waals surface area contributed by atoms with E-state index in [1.54, 1.807) is 0 Å². The van der Waals surface area contributed by atoms with Gasteiger partial charge in [0.25, 0.3) is 5.69 Å². The van der Waals surface area contributed by atoms with Gasteiger partial charge in [-0.15, -0.1) is 0 Å². The minimum Gasteiger partial charge on any atom is -0.506 e. The maximum Gasteiger partial charge on any atom is 0.271 e. The summed E-state index contributed by atoms with van der Waals surface area (Å²) >= 11 is 0. The van der Waals surface area contributed by atoms with Gasteiger partial charge in [0, 0.05) is 18.7 Å². The highest BCUT2D eigenvalue weighted by molar-refractivity contribution is 5.94. The fraction of sp³-hybridized carbons (Fsp3) is 0.417. The molecule has 0 radical (unpaired) electrons. The van der Waals surface area contributed by atoms with Gasteiger partial charge in [-0.25, -0.2) is 0 Å². The van der Waals surface area contributed by atoms with Crippen molar-refractivity contribution in [3.63, 3.8) is 0 Å². The summed E-state index contributed by atoms with van der Waals surface area (Å²) in [6, 6.07) is 3.55. The summed E-state index contributed by atoms with van der Waals surface area (Å²) in [4.78, 5) is 22.0. The van der Waals surface area contributed by atoms with Gasteiger partial charge in [-0.2, -0.15) is 0 Å². The van der Waals surface area contributed by atoms with Crippen LogP contribution < -0.4 is 10.6 Å². The average molecular weight is 265 g/mol. The Balaban J connectivity index is 2.11. The predicted octanol–water partition coefficient (Wildman–Crippen LogP) is 1.24. The topological polar surface area (TPSA) is 104 Å². The first kappa shape index (κ1) is 13.3. The molecule has 3 N–H and O–H groups in total.